The number of nitrogens with one attached hydrogen (secondary N) is 3. The molecule has 0 saturated carbocycles. The summed E-state index contributed by atoms with van der Waals surface area (Å²) < 4.78 is 66.9. The van der Waals surface area contributed by atoms with E-state index in [4.69, 9.17) is 26.8 Å². The molecule has 2 aromatic heterocycles. The second-order valence-corrected chi connectivity index (χ2v) is 15.2. The fourth-order valence-corrected chi connectivity index (χ4v) is 7.33. The number of pyridine rings is 1. The number of ketones is 1. The number of halogens is 3. The molecule has 0 saturated heterocycles. The molecular formula is C39H46ClF2N5O7S. The highest BCUT2D eigenvalue weighted by molar-refractivity contribution is 7.92. The molecule has 1 aliphatic rings. The summed E-state index contributed by atoms with van der Waals surface area (Å²) in [6, 6.07) is 9.74. The summed E-state index contributed by atoms with van der Waals surface area (Å²) in [7, 11) is -3.84. The van der Waals surface area contributed by atoms with Gasteiger partial charge < -0.3 is 25.5 Å². The number of hydrogen-bond acceptors (Lipinski definition) is 9. The number of carbonyl (C=O) groups excluding carboxylic acids is 3. The maximum atomic E-state index is 15.1. The third kappa shape index (κ3) is 11.0. The van der Waals surface area contributed by atoms with E-state index in [-0.39, 0.29) is 41.4 Å². The van der Waals surface area contributed by atoms with Crippen molar-refractivity contribution in [2.24, 2.45) is 5.73 Å². The van der Waals surface area contributed by atoms with Crippen molar-refractivity contribution < 1.29 is 41.1 Å². The number of sulfonamides is 1. The van der Waals surface area contributed by atoms with E-state index in [9.17, 15) is 27.2 Å². The van der Waals surface area contributed by atoms with Crippen LogP contribution in [0.4, 0.5) is 14.5 Å². The van der Waals surface area contributed by atoms with Gasteiger partial charge in [-0.2, -0.15) is 0 Å². The van der Waals surface area contributed by atoms with Crippen LogP contribution in [0.5, 0.6) is 0 Å². The smallest absolute Gasteiger partial charge is 0.333 e. The number of ether oxygens (including phenoxy) is 2. The molecule has 55 heavy (non-hydrogen) atoms. The Balaban J connectivity index is 0.000000267. The van der Waals surface area contributed by atoms with Crippen LogP contribution in [0.2, 0.25) is 5.02 Å². The Hall–Kier alpha value is -4.70. The maximum absolute atomic E-state index is 15.1. The minimum Gasteiger partial charge on any atom is -0.463 e. The van der Waals surface area contributed by atoms with Gasteiger partial charge in [0.25, 0.3) is 0 Å². The molecule has 0 bridgehead atoms. The average molecular weight is 802 g/mol. The molecule has 0 aliphatic heterocycles. The number of benzene rings is 2. The van der Waals surface area contributed by atoms with Gasteiger partial charge in [-0.3, -0.25) is 14.3 Å². The lowest BCUT2D eigenvalue weighted by Crippen LogP contribution is -2.57. The zero-order valence-electron chi connectivity index (χ0n) is 31.2. The van der Waals surface area contributed by atoms with E-state index >= 15 is 4.39 Å². The highest BCUT2D eigenvalue weighted by Gasteiger charge is 2.36. The molecule has 5 N–H and O–H groups in total. The van der Waals surface area contributed by atoms with Crippen molar-refractivity contribution in [1.82, 2.24) is 15.3 Å². The third-order valence-corrected chi connectivity index (χ3v) is 10.5. The van der Waals surface area contributed by atoms with Gasteiger partial charge in [0, 0.05) is 52.5 Å². The molecule has 0 spiro atoms. The molecule has 0 fully saturated rings. The molecule has 2 heterocycles. The lowest BCUT2D eigenvalue weighted by Gasteiger charge is -2.36. The van der Waals surface area contributed by atoms with E-state index in [2.05, 4.69) is 20.0 Å². The predicted molar refractivity (Wildman–Crippen MR) is 208 cm³/mol. The summed E-state index contributed by atoms with van der Waals surface area (Å²) >= 11 is 5.93. The number of rotatable bonds is 14. The van der Waals surface area contributed by atoms with E-state index in [1.54, 1.807) is 56.5 Å². The number of amides is 1. The number of esters is 1. The lowest BCUT2D eigenvalue weighted by molar-refractivity contribution is -0.139. The highest BCUT2D eigenvalue weighted by atomic mass is 35.5. The molecule has 12 nitrogen and oxygen atoms in total. The Bertz CT molecular complexity index is 2140. The number of carbonyl (C=O) groups is 3. The first kappa shape index (κ1) is 43.0. The average Bonchev–Trinajstić information content (AvgIpc) is 3.57. The molecule has 296 valence electrons. The van der Waals surface area contributed by atoms with E-state index in [0.717, 1.165) is 30.5 Å². The standard InChI is InChI=1S/C23H18ClF2N3O3S.C16H28N2O4/c1-2-9-33(31,32)29-19-8-7-18(25)20(21(19)26)22(30)17-12-28-23-16(17)10-14(11-27-23)13-3-5-15(24)6-4-13;1-5-12(6-2)22-14-9-11(16(20)21-7-3)8-13(17)15(14)18-10(4)19/h3-8,10-12,29H,2,9H2,1H3,(H,27,28);9,12-15H,5-8,17H2,1-4H3,(H,18,19)/t;13-,14+,15+/m.0/s1. The first-order valence-corrected chi connectivity index (χ1v) is 20.0. The number of H-pyrrole nitrogens is 1. The van der Waals surface area contributed by atoms with Gasteiger partial charge in [-0.15, -0.1) is 0 Å². The Morgan fingerprint density at radius 2 is 1.75 bits per heavy atom. The second kappa shape index (κ2) is 19.2. The van der Waals surface area contributed by atoms with Gasteiger partial charge in [0.15, 0.2) is 5.82 Å². The van der Waals surface area contributed by atoms with Gasteiger partial charge in [-0.05, 0) is 74.6 Å². The Morgan fingerprint density at radius 1 is 1.05 bits per heavy atom. The van der Waals surface area contributed by atoms with Gasteiger partial charge in [-0.25, -0.2) is 27.0 Å². The van der Waals surface area contributed by atoms with Crippen LogP contribution >= 0.6 is 11.6 Å². The number of nitrogens with two attached hydrogens (primary N) is 1. The van der Waals surface area contributed by atoms with Crippen molar-refractivity contribution in [3.8, 4) is 11.1 Å². The molecule has 5 rings (SSSR count). The van der Waals surface area contributed by atoms with Gasteiger partial charge >= 0.3 is 5.97 Å². The van der Waals surface area contributed by atoms with Crippen LogP contribution in [0.25, 0.3) is 22.2 Å². The van der Waals surface area contributed by atoms with Crippen molar-refractivity contribution in [3.05, 3.63) is 94.3 Å². The van der Waals surface area contributed by atoms with E-state index < -0.39 is 44.8 Å². The summed E-state index contributed by atoms with van der Waals surface area (Å²) in [6.45, 7) is 9.27. The number of aromatic nitrogens is 2. The Labute approximate surface area is 324 Å². The minimum atomic E-state index is -3.84. The van der Waals surface area contributed by atoms with Crippen LogP contribution in [-0.2, 0) is 29.1 Å². The van der Waals surface area contributed by atoms with Crippen LogP contribution in [0.3, 0.4) is 0 Å². The third-order valence-electron chi connectivity index (χ3n) is 8.81. The summed E-state index contributed by atoms with van der Waals surface area (Å²) in [5, 5.41) is 3.77. The summed E-state index contributed by atoms with van der Waals surface area (Å²) in [5.41, 5.74) is 7.15. The van der Waals surface area contributed by atoms with Crippen LogP contribution in [0.15, 0.2) is 66.5 Å². The number of nitrogens with zero attached hydrogens (tertiary/aromatic N) is 1. The van der Waals surface area contributed by atoms with Crippen molar-refractivity contribution >= 4 is 56.0 Å². The summed E-state index contributed by atoms with van der Waals surface area (Å²) in [6.07, 6.45) is 6.70. The lowest BCUT2D eigenvalue weighted by atomic mass is 9.88. The largest absolute Gasteiger partial charge is 0.463 e. The van der Waals surface area contributed by atoms with Gasteiger partial charge in [0.1, 0.15) is 11.5 Å². The first-order valence-electron chi connectivity index (χ1n) is 17.9. The molecule has 2 aromatic carbocycles. The topological polar surface area (TPSA) is 183 Å². The van der Waals surface area contributed by atoms with Crippen LogP contribution < -0.4 is 15.8 Å². The Morgan fingerprint density at radius 3 is 2.36 bits per heavy atom. The van der Waals surface area contributed by atoms with Gasteiger partial charge in [-0.1, -0.05) is 44.5 Å². The number of anilines is 1. The number of fused-ring (bicyclic) bond motifs is 1. The number of hydrogen-bond donors (Lipinski definition) is 4. The zero-order valence-corrected chi connectivity index (χ0v) is 32.8. The normalized spacial score (nSPS) is 16.9. The zero-order chi connectivity index (χ0) is 40.4. The predicted octanol–water partition coefficient (Wildman–Crippen LogP) is 6.83. The maximum Gasteiger partial charge on any atom is 0.333 e. The van der Waals surface area contributed by atoms with Gasteiger partial charge in [0.05, 0.1) is 41.9 Å². The summed E-state index contributed by atoms with van der Waals surface area (Å²) in [4.78, 5) is 43.7. The van der Waals surface area contributed by atoms with Gasteiger partial charge in [0.2, 0.25) is 21.7 Å². The molecular weight excluding hydrogens is 756 g/mol. The first-order chi connectivity index (χ1) is 26.1. The molecule has 4 aromatic rings. The van der Waals surface area contributed by atoms with Crippen molar-refractivity contribution in [3.63, 3.8) is 0 Å². The summed E-state index contributed by atoms with van der Waals surface area (Å²) in [5.74, 6) is -4.09. The molecule has 1 aliphatic carbocycles. The fraction of sp³-hybridized carbons (Fsp3) is 0.385. The number of aromatic amines is 1. The SMILES string of the molecule is CCCS(=O)(=O)Nc1ccc(F)c(C(=O)c2c[nH]c3ncc(-c4ccc(Cl)cc4)cc23)c1F.CCOC(=O)C1=C[C@@H](OC(CC)CC)[C@H](NC(C)=O)[C@@H](N)C1. The second-order valence-electron chi connectivity index (χ2n) is 12.9. The van der Waals surface area contributed by atoms with E-state index in [0.29, 0.717) is 46.6 Å². The quantitative estimate of drug-likeness (QED) is 0.0785. The molecule has 3 atom stereocenters. The van der Waals surface area contributed by atoms with Crippen LogP contribution in [0.1, 0.15) is 76.2 Å². The molecule has 0 radical (unpaired) electrons. The molecule has 16 heteroatoms. The van der Waals surface area contributed by atoms with Crippen molar-refractivity contribution in [2.75, 3.05) is 17.1 Å². The Kier molecular flexibility index (Phi) is 15.1. The van der Waals surface area contributed by atoms with Crippen LogP contribution in [0, 0.1) is 11.6 Å². The van der Waals surface area contributed by atoms with E-state index in [1.807, 2.05) is 13.8 Å². The van der Waals surface area contributed by atoms with Crippen molar-refractivity contribution in [1.29, 1.82) is 0 Å². The minimum absolute atomic E-state index is 0.000297. The fourth-order valence-electron chi connectivity index (χ4n) is 6.07. The van der Waals surface area contributed by atoms with E-state index in [1.165, 1.54) is 13.1 Å². The van der Waals surface area contributed by atoms with Crippen molar-refractivity contribution in [2.45, 2.75) is 84.6 Å². The van der Waals surface area contributed by atoms with Crippen LogP contribution in [-0.4, -0.2) is 72.7 Å². The molecule has 1 amide bonds. The monoisotopic (exact) mass is 801 g/mol. The molecule has 0 unspecified atom stereocenters. The highest BCUT2D eigenvalue weighted by Crippen LogP contribution is 2.30.